The zero-order valence-electron chi connectivity index (χ0n) is 9.48. The molecule has 1 aliphatic rings. The SMILES string of the molecule is C[C@@]1(C(=O)NN=O)[C@@H](O)[C@H](O)[C@@H](CO)OC1(N)O. The number of rotatable bonds is 3. The molecule has 10 nitrogen and oxygen atoms in total. The van der Waals surface area contributed by atoms with Crippen molar-refractivity contribution < 1.29 is 30.0 Å². The standard InChI is InChI=1S/C8H15N3O7/c1-7(6(15)10-11-17)5(14)4(13)3(2-12)18-8(7,9)16/h3-5,12-14,16H,2,9H2,1H3,(H,10,15,17)/t3-,4-,5+,7+,8?/m1/s1. The molecule has 1 unspecified atom stereocenters. The Hall–Kier alpha value is -1.17. The maximum absolute atomic E-state index is 11.6. The molecule has 1 heterocycles. The van der Waals surface area contributed by atoms with Gasteiger partial charge >= 0.3 is 0 Å². The van der Waals surface area contributed by atoms with Gasteiger partial charge in [-0.15, -0.1) is 4.91 Å². The van der Waals surface area contributed by atoms with E-state index in [1.807, 2.05) is 0 Å². The molecule has 0 aromatic rings. The van der Waals surface area contributed by atoms with Crippen molar-refractivity contribution in [3.05, 3.63) is 4.91 Å². The van der Waals surface area contributed by atoms with Crippen molar-refractivity contribution in [1.82, 2.24) is 5.43 Å². The third-order valence-corrected chi connectivity index (χ3v) is 3.17. The van der Waals surface area contributed by atoms with E-state index in [-0.39, 0.29) is 0 Å². The summed E-state index contributed by atoms with van der Waals surface area (Å²) in [6.07, 6.45) is -4.93. The van der Waals surface area contributed by atoms with E-state index in [0.29, 0.717) is 0 Å². The lowest BCUT2D eigenvalue weighted by Crippen LogP contribution is -2.75. The van der Waals surface area contributed by atoms with Gasteiger partial charge in [-0.1, -0.05) is 0 Å². The first-order valence-electron chi connectivity index (χ1n) is 5.01. The van der Waals surface area contributed by atoms with Crippen molar-refractivity contribution in [3.8, 4) is 0 Å². The highest BCUT2D eigenvalue weighted by Gasteiger charge is 2.64. The van der Waals surface area contributed by atoms with E-state index >= 15 is 0 Å². The van der Waals surface area contributed by atoms with Crippen LogP contribution in [0.15, 0.2) is 5.29 Å². The van der Waals surface area contributed by atoms with E-state index in [4.69, 9.17) is 15.6 Å². The molecule has 1 rings (SSSR count). The van der Waals surface area contributed by atoms with Crippen molar-refractivity contribution >= 4 is 5.91 Å². The molecule has 0 aromatic heterocycles. The molecule has 5 atom stereocenters. The van der Waals surface area contributed by atoms with Crippen LogP contribution in [0.1, 0.15) is 6.92 Å². The summed E-state index contributed by atoms with van der Waals surface area (Å²) >= 11 is 0. The van der Waals surface area contributed by atoms with Gasteiger partial charge in [0, 0.05) is 0 Å². The minimum atomic E-state index is -2.70. The number of ether oxygens (including phenoxy) is 1. The van der Waals surface area contributed by atoms with E-state index < -0.39 is 42.2 Å². The van der Waals surface area contributed by atoms with Gasteiger partial charge in [-0.2, -0.15) is 0 Å². The van der Waals surface area contributed by atoms with Crippen molar-refractivity contribution in [2.75, 3.05) is 6.61 Å². The summed E-state index contributed by atoms with van der Waals surface area (Å²) in [6.45, 7) is 0.246. The minimum Gasteiger partial charge on any atom is -0.394 e. The molecule has 18 heavy (non-hydrogen) atoms. The first kappa shape index (κ1) is 14.9. The Morgan fingerprint density at radius 3 is 2.56 bits per heavy atom. The fourth-order valence-corrected chi connectivity index (χ4v) is 1.78. The first-order chi connectivity index (χ1) is 8.22. The maximum Gasteiger partial charge on any atom is 0.258 e. The van der Waals surface area contributed by atoms with Crippen LogP contribution in [0.5, 0.6) is 0 Å². The summed E-state index contributed by atoms with van der Waals surface area (Å²) in [5, 5.41) is 40.3. The monoisotopic (exact) mass is 265 g/mol. The number of hydrogen-bond acceptors (Lipinski definition) is 9. The minimum absolute atomic E-state index is 0.735. The number of carbonyl (C=O) groups excluding carboxylic acids is 1. The fourth-order valence-electron chi connectivity index (χ4n) is 1.78. The second-order valence-corrected chi connectivity index (χ2v) is 4.21. The van der Waals surface area contributed by atoms with Gasteiger partial charge in [0.1, 0.15) is 23.7 Å². The Morgan fingerprint density at radius 2 is 2.11 bits per heavy atom. The number of nitrogens with one attached hydrogen (secondary N) is 1. The predicted molar refractivity (Wildman–Crippen MR) is 55.2 cm³/mol. The van der Waals surface area contributed by atoms with Gasteiger partial charge in [0.05, 0.1) is 11.9 Å². The van der Waals surface area contributed by atoms with E-state index in [0.717, 1.165) is 6.92 Å². The van der Waals surface area contributed by atoms with Crippen LogP contribution in [-0.2, 0) is 9.53 Å². The van der Waals surface area contributed by atoms with Crippen molar-refractivity contribution in [2.45, 2.75) is 31.1 Å². The van der Waals surface area contributed by atoms with Crippen LogP contribution in [0.3, 0.4) is 0 Å². The Morgan fingerprint density at radius 1 is 1.56 bits per heavy atom. The first-order valence-corrected chi connectivity index (χ1v) is 5.01. The number of amides is 1. The van der Waals surface area contributed by atoms with Gasteiger partial charge in [0.2, 0.25) is 5.91 Å². The zero-order valence-corrected chi connectivity index (χ0v) is 9.48. The van der Waals surface area contributed by atoms with Crippen LogP contribution in [0.4, 0.5) is 0 Å². The molecule has 10 heteroatoms. The second-order valence-electron chi connectivity index (χ2n) is 4.21. The van der Waals surface area contributed by atoms with Crippen LogP contribution in [0.25, 0.3) is 0 Å². The highest BCUT2D eigenvalue weighted by atomic mass is 16.7. The number of nitrogens with two attached hydrogens (primary N) is 1. The summed E-state index contributed by atoms with van der Waals surface area (Å²) in [7, 11) is 0. The number of hydrogen-bond donors (Lipinski definition) is 6. The van der Waals surface area contributed by atoms with Gasteiger partial charge in [-0.05, 0) is 6.92 Å². The summed E-state index contributed by atoms with van der Waals surface area (Å²) < 4.78 is 4.76. The molecule has 0 aliphatic carbocycles. The summed E-state index contributed by atoms with van der Waals surface area (Å²) in [6, 6.07) is 0. The van der Waals surface area contributed by atoms with Gasteiger partial charge in [0.25, 0.3) is 5.91 Å². The third kappa shape index (κ3) is 1.98. The zero-order chi connectivity index (χ0) is 14.1. The third-order valence-electron chi connectivity index (χ3n) is 3.17. The molecular weight excluding hydrogens is 250 g/mol. The van der Waals surface area contributed by atoms with E-state index in [1.54, 1.807) is 0 Å². The van der Waals surface area contributed by atoms with E-state index in [2.05, 4.69) is 5.29 Å². The lowest BCUT2D eigenvalue weighted by molar-refractivity contribution is -0.354. The quantitative estimate of drug-likeness (QED) is 0.173. The Kier molecular flexibility index (Phi) is 4.00. The molecule has 0 spiro atoms. The number of aliphatic hydroxyl groups excluding tert-OH is 3. The van der Waals surface area contributed by atoms with Crippen LogP contribution in [0, 0.1) is 10.3 Å². The summed E-state index contributed by atoms with van der Waals surface area (Å²) in [4.78, 5) is 21.6. The molecule has 0 bridgehead atoms. The molecule has 7 N–H and O–H groups in total. The number of aliphatic hydroxyl groups is 4. The van der Waals surface area contributed by atoms with Crippen LogP contribution < -0.4 is 11.2 Å². The molecule has 1 aliphatic heterocycles. The second kappa shape index (κ2) is 4.84. The molecule has 104 valence electrons. The molecule has 0 saturated carbocycles. The summed E-state index contributed by atoms with van der Waals surface area (Å²) in [5.74, 6) is -3.93. The average Bonchev–Trinajstić information content (AvgIpc) is 2.31. The average molecular weight is 265 g/mol. The Bertz CT molecular complexity index is 350. The molecular formula is C8H15N3O7. The topological polar surface area (TPSA) is 175 Å². The largest absolute Gasteiger partial charge is 0.394 e. The van der Waals surface area contributed by atoms with Crippen LogP contribution in [-0.4, -0.2) is 57.2 Å². The fraction of sp³-hybridized carbons (Fsp3) is 0.875. The smallest absolute Gasteiger partial charge is 0.258 e. The van der Waals surface area contributed by atoms with Crippen molar-refractivity contribution in [3.63, 3.8) is 0 Å². The van der Waals surface area contributed by atoms with Crippen LogP contribution >= 0.6 is 0 Å². The van der Waals surface area contributed by atoms with Gasteiger partial charge in [-0.25, -0.2) is 5.43 Å². The number of carbonyl (C=O) groups is 1. The van der Waals surface area contributed by atoms with Gasteiger partial charge in [0.15, 0.2) is 0 Å². The van der Waals surface area contributed by atoms with E-state index in [1.165, 1.54) is 5.43 Å². The highest BCUT2D eigenvalue weighted by Crippen LogP contribution is 2.40. The van der Waals surface area contributed by atoms with Crippen LogP contribution in [0.2, 0.25) is 0 Å². The molecule has 1 saturated heterocycles. The lowest BCUT2D eigenvalue weighted by Gasteiger charge is -2.50. The predicted octanol–water partition coefficient (Wildman–Crippen LogP) is -3.49. The van der Waals surface area contributed by atoms with Crippen molar-refractivity contribution in [2.24, 2.45) is 16.4 Å². The molecule has 1 amide bonds. The molecule has 0 aromatic carbocycles. The Labute approximate surface area is 101 Å². The lowest BCUT2D eigenvalue weighted by atomic mass is 9.73. The van der Waals surface area contributed by atoms with E-state index in [9.17, 15) is 25.0 Å². The van der Waals surface area contributed by atoms with Gasteiger partial charge in [-0.3, -0.25) is 10.5 Å². The number of nitrogens with zero attached hydrogens (tertiary/aromatic N) is 1. The van der Waals surface area contributed by atoms with Crippen molar-refractivity contribution in [1.29, 1.82) is 0 Å². The van der Waals surface area contributed by atoms with Gasteiger partial charge < -0.3 is 25.2 Å². The molecule has 0 radical (unpaired) electrons. The Balaban J connectivity index is 3.16. The molecule has 1 fully saturated rings. The maximum atomic E-state index is 11.6. The normalized spacial score (nSPS) is 44.4. The highest BCUT2D eigenvalue weighted by molar-refractivity contribution is 5.84. The number of nitroso groups, excluding NO2 is 1. The summed E-state index contributed by atoms with van der Waals surface area (Å²) in [5.41, 5.74) is 4.58.